The molecular weight excluding hydrogens is 410 g/mol. The first-order valence-electron chi connectivity index (χ1n) is 9.93. The first-order valence-corrected chi connectivity index (χ1v) is 9.93. The lowest BCUT2D eigenvalue weighted by Crippen LogP contribution is -2.53. The molecule has 0 aliphatic rings. The number of aromatic nitrogens is 1. The van der Waals surface area contributed by atoms with Gasteiger partial charge in [0.05, 0.1) is 0 Å². The first-order chi connectivity index (χ1) is 14.2. The molecule has 1 aromatic rings. The summed E-state index contributed by atoms with van der Waals surface area (Å²) < 4.78 is 11.1. The van der Waals surface area contributed by atoms with Crippen molar-refractivity contribution in [3.8, 4) is 11.8 Å². The molecule has 0 radical (unpaired) electrons. The second-order valence-electron chi connectivity index (χ2n) is 8.89. The van der Waals surface area contributed by atoms with Gasteiger partial charge in [0.15, 0.2) is 0 Å². The average Bonchev–Trinajstić information content (AvgIpc) is 2.89. The summed E-state index contributed by atoms with van der Waals surface area (Å²) in [6.45, 7) is 9.97. The van der Waals surface area contributed by atoms with Crippen LogP contribution in [0.4, 0.5) is 9.59 Å². The molecule has 0 unspecified atom stereocenters. The predicted molar refractivity (Wildman–Crippen MR) is 110 cm³/mol. The van der Waals surface area contributed by atoms with Crippen LogP contribution in [0.3, 0.4) is 0 Å². The fraction of sp³-hybridized carbons (Fsp3) is 0.650. The van der Waals surface area contributed by atoms with E-state index in [0.717, 1.165) is 12.1 Å². The highest BCUT2D eigenvalue weighted by Crippen LogP contribution is 2.22. The van der Waals surface area contributed by atoms with E-state index < -0.39 is 47.2 Å². The molecule has 1 aromatic heterocycles. The van der Waals surface area contributed by atoms with E-state index in [4.69, 9.17) is 20.0 Å². The van der Waals surface area contributed by atoms with Crippen LogP contribution in [0.25, 0.3) is 0 Å². The number of hydrogen-bond acceptors (Lipinski definition) is 9. The molecule has 0 spiro atoms. The molecule has 1 heterocycles. The van der Waals surface area contributed by atoms with Crippen molar-refractivity contribution < 1.29 is 38.9 Å². The SMILES string of the molecule is CC(C)(C)OC(=O)N(C(=O)OC(C)(C)C)[C@@H](CCCCN)C(=O)On1c(O)ccc1O. The number of nitrogens with zero attached hydrogens (tertiary/aromatic N) is 2. The Morgan fingerprint density at radius 3 is 1.81 bits per heavy atom. The van der Waals surface area contributed by atoms with Crippen LogP contribution in [0, 0.1) is 0 Å². The quantitative estimate of drug-likeness (QED) is 0.539. The number of amides is 2. The lowest BCUT2D eigenvalue weighted by atomic mass is 10.1. The summed E-state index contributed by atoms with van der Waals surface area (Å²) in [7, 11) is 0. The van der Waals surface area contributed by atoms with Crippen molar-refractivity contribution in [1.29, 1.82) is 0 Å². The Kier molecular flexibility index (Phi) is 8.74. The first kappa shape index (κ1) is 26.1. The smallest absolute Gasteiger partial charge is 0.420 e. The summed E-state index contributed by atoms with van der Waals surface area (Å²) in [5.41, 5.74) is 3.60. The summed E-state index contributed by atoms with van der Waals surface area (Å²) >= 11 is 0. The van der Waals surface area contributed by atoms with Gasteiger partial charge in [0.25, 0.3) is 0 Å². The van der Waals surface area contributed by atoms with Gasteiger partial charge in [-0.25, -0.2) is 14.4 Å². The molecule has 0 saturated heterocycles. The number of hydrogen-bond donors (Lipinski definition) is 3. The summed E-state index contributed by atoms with van der Waals surface area (Å²) in [6, 6.07) is 0.745. The van der Waals surface area contributed by atoms with E-state index in [-0.39, 0.29) is 6.42 Å². The van der Waals surface area contributed by atoms with E-state index >= 15 is 0 Å². The molecule has 1 atom stereocenters. The highest BCUT2D eigenvalue weighted by Gasteiger charge is 2.41. The molecule has 11 heteroatoms. The Bertz CT molecular complexity index is 729. The zero-order chi connectivity index (χ0) is 24.0. The van der Waals surface area contributed by atoms with Crippen LogP contribution < -0.4 is 10.6 Å². The molecule has 0 saturated carbocycles. The van der Waals surface area contributed by atoms with Crippen LogP contribution in [-0.2, 0) is 14.3 Å². The Hall–Kier alpha value is -2.95. The summed E-state index contributed by atoms with van der Waals surface area (Å²) in [5, 5.41) is 19.5. The Labute approximate surface area is 181 Å². The molecule has 0 aromatic carbocycles. The molecule has 0 aliphatic heterocycles. The molecule has 11 nitrogen and oxygen atoms in total. The molecule has 1 rings (SSSR count). The zero-order valence-corrected chi connectivity index (χ0v) is 18.9. The van der Waals surface area contributed by atoms with E-state index in [2.05, 4.69) is 0 Å². The molecule has 31 heavy (non-hydrogen) atoms. The van der Waals surface area contributed by atoms with Crippen LogP contribution >= 0.6 is 0 Å². The molecule has 0 aliphatic carbocycles. The van der Waals surface area contributed by atoms with Crippen molar-refractivity contribution in [1.82, 2.24) is 9.63 Å². The topological polar surface area (TPSA) is 154 Å². The second-order valence-corrected chi connectivity index (χ2v) is 8.89. The van der Waals surface area contributed by atoms with Gasteiger partial charge in [0.1, 0.15) is 17.2 Å². The Morgan fingerprint density at radius 2 is 1.42 bits per heavy atom. The maximum absolute atomic E-state index is 12.9. The fourth-order valence-corrected chi connectivity index (χ4v) is 2.43. The lowest BCUT2D eigenvalue weighted by Gasteiger charge is -2.32. The summed E-state index contributed by atoms with van der Waals surface area (Å²) in [5.74, 6) is -2.18. The number of imide groups is 1. The number of nitrogens with two attached hydrogens (primary N) is 1. The van der Waals surface area contributed by atoms with E-state index in [0.29, 0.717) is 29.0 Å². The third kappa shape index (κ3) is 8.36. The number of aromatic hydroxyl groups is 2. The van der Waals surface area contributed by atoms with Crippen molar-refractivity contribution in [2.24, 2.45) is 5.73 Å². The third-order valence-electron chi connectivity index (χ3n) is 3.67. The minimum atomic E-state index is -1.46. The molecule has 0 bridgehead atoms. The van der Waals surface area contributed by atoms with Gasteiger partial charge in [0, 0.05) is 12.1 Å². The molecule has 0 fully saturated rings. The van der Waals surface area contributed by atoms with Crippen molar-refractivity contribution in [2.45, 2.75) is 78.0 Å². The molecule has 4 N–H and O–H groups in total. The fourth-order valence-electron chi connectivity index (χ4n) is 2.43. The minimum absolute atomic E-state index is 0.00267. The maximum Gasteiger partial charge on any atom is 0.420 e. The van der Waals surface area contributed by atoms with E-state index in [1.54, 1.807) is 41.5 Å². The number of unbranched alkanes of at least 4 members (excludes halogenated alkanes) is 1. The van der Waals surface area contributed by atoms with Gasteiger partial charge in [0.2, 0.25) is 11.8 Å². The maximum atomic E-state index is 12.9. The predicted octanol–water partition coefficient (Wildman–Crippen LogP) is 2.52. The zero-order valence-electron chi connectivity index (χ0n) is 18.9. The van der Waals surface area contributed by atoms with Crippen LogP contribution in [0.1, 0.15) is 60.8 Å². The molecule has 2 amide bonds. The van der Waals surface area contributed by atoms with Gasteiger partial charge < -0.3 is 30.3 Å². The summed E-state index contributed by atoms with van der Waals surface area (Å²) in [4.78, 5) is 44.3. The second kappa shape index (κ2) is 10.4. The van der Waals surface area contributed by atoms with Crippen molar-refractivity contribution >= 4 is 18.2 Å². The van der Waals surface area contributed by atoms with Crippen molar-refractivity contribution in [3.05, 3.63) is 12.1 Å². The largest absolute Gasteiger partial charge is 0.492 e. The monoisotopic (exact) mass is 443 g/mol. The number of carbonyl (C=O) groups is 3. The van der Waals surface area contributed by atoms with Crippen LogP contribution in [0.15, 0.2) is 12.1 Å². The lowest BCUT2D eigenvalue weighted by molar-refractivity contribution is -0.151. The summed E-state index contributed by atoms with van der Waals surface area (Å²) in [6.07, 6.45) is -1.31. The van der Waals surface area contributed by atoms with Crippen LogP contribution in [0.2, 0.25) is 0 Å². The standard InChI is InChI=1S/C20H33N3O8/c1-19(2,3)29-17(27)22(18(28)30-20(4,5)6)13(9-7-8-12-21)16(26)31-23-14(24)10-11-15(23)25/h10-11,13,24-25H,7-9,12,21H2,1-6H3/t13-/m0/s1. The minimum Gasteiger partial charge on any atom is -0.492 e. The average molecular weight is 443 g/mol. The number of rotatable bonds is 7. The Balaban J connectivity index is 3.32. The number of carbonyl (C=O) groups excluding carboxylic acids is 3. The highest BCUT2D eigenvalue weighted by molar-refractivity contribution is 5.94. The van der Waals surface area contributed by atoms with Crippen LogP contribution in [0.5, 0.6) is 11.8 Å². The van der Waals surface area contributed by atoms with Gasteiger partial charge in [-0.05, 0) is 67.3 Å². The van der Waals surface area contributed by atoms with Crippen molar-refractivity contribution in [2.75, 3.05) is 6.54 Å². The molecular formula is C20H33N3O8. The highest BCUT2D eigenvalue weighted by atomic mass is 16.7. The van der Waals surface area contributed by atoms with Gasteiger partial charge >= 0.3 is 18.2 Å². The third-order valence-corrected chi connectivity index (χ3v) is 3.67. The van der Waals surface area contributed by atoms with E-state index in [1.807, 2.05) is 0 Å². The van der Waals surface area contributed by atoms with E-state index in [1.165, 1.54) is 0 Å². The van der Waals surface area contributed by atoms with Crippen molar-refractivity contribution in [3.63, 3.8) is 0 Å². The normalized spacial score (nSPS) is 12.7. The van der Waals surface area contributed by atoms with Crippen LogP contribution in [-0.4, -0.2) is 61.8 Å². The Morgan fingerprint density at radius 1 is 0.968 bits per heavy atom. The molecule has 176 valence electrons. The number of ether oxygens (including phenoxy) is 2. The van der Waals surface area contributed by atoms with Gasteiger partial charge in [-0.2, -0.15) is 4.90 Å². The van der Waals surface area contributed by atoms with Gasteiger partial charge in [-0.3, -0.25) is 0 Å². The van der Waals surface area contributed by atoms with Gasteiger partial charge in [-0.1, -0.05) is 0 Å². The van der Waals surface area contributed by atoms with Gasteiger partial charge in [-0.15, -0.1) is 4.73 Å². The van der Waals surface area contributed by atoms with E-state index in [9.17, 15) is 24.6 Å².